The molecule has 0 radical (unpaired) electrons. The van der Waals surface area contributed by atoms with E-state index in [1.807, 2.05) is 0 Å². The molecule has 0 rings (SSSR count). The van der Waals surface area contributed by atoms with E-state index in [1.54, 1.807) is 0 Å². The molecule has 0 aromatic heterocycles. The predicted octanol–water partition coefficient (Wildman–Crippen LogP) is 11.2. The molecule has 0 heterocycles. The van der Waals surface area contributed by atoms with Crippen LogP contribution in [0.4, 0.5) is 0 Å². The van der Waals surface area contributed by atoms with Crippen LogP contribution in [0.2, 0.25) is 0 Å². The molecule has 0 amide bonds. The molecule has 0 aromatic carbocycles. The van der Waals surface area contributed by atoms with Crippen molar-refractivity contribution in [3.8, 4) is 0 Å². The van der Waals surface area contributed by atoms with Crippen LogP contribution < -0.4 is 0 Å². The van der Waals surface area contributed by atoms with Gasteiger partial charge in [-0.25, -0.2) is 4.18 Å². The molecular formula is C32H64O4S. The van der Waals surface area contributed by atoms with Crippen LogP contribution in [-0.4, -0.2) is 19.6 Å². The zero-order valence-corrected chi connectivity index (χ0v) is 25.7. The Morgan fingerprint density at radius 2 is 0.919 bits per heavy atom. The zero-order chi connectivity index (χ0) is 27.3. The van der Waals surface area contributed by atoms with Crippen molar-refractivity contribution in [1.82, 2.24) is 0 Å². The SMILES string of the molecule is CCCCCCCC/C=C/C(CCCCCCCCCCCCCCCCCCCC)COS(=O)(=O)O. The van der Waals surface area contributed by atoms with E-state index in [0.717, 1.165) is 19.3 Å². The van der Waals surface area contributed by atoms with E-state index < -0.39 is 10.4 Å². The van der Waals surface area contributed by atoms with E-state index in [9.17, 15) is 8.42 Å². The Hall–Kier alpha value is -0.390. The molecule has 4 nitrogen and oxygen atoms in total. The summed E-state index contributed by atoms with van der Waals surface area (Å²) >= 11 is 0. The molecule has 37 heavy (non-hydrogen) atoms. The third kappa shape index (κ3) is 31.7. The average molecular weight is 545 g/mol. The molecule has 0 aliphatic heterocycles. The topological polar surface area (TPSA) is 63.6 Å². The molecule has 1 unspecified atom stereocenters. The summed E-state index contributed by atoms with van der Waals surface area (Å²) in [4.78, 5) is 0. The van der Waals surface area contributed by atoms with Gasteiger partial charge in [0.2, 0.25) is 0 Å². The van der Waals surface area contributed by atoms with Crippen LogP contribution in [-0.2, 0) is 14.6 Å². The molecule has 0 aromatic rings. The molecule has 0 fully saturated rings. The summed E-state index contributed by atoms with van der Waals surface area (Å²) in [6.45, 7) is 4.56. The molecule has 0 aliphatic carbocycles. The van der Waals surface area contributed by atoms with Gasteiger partial charge < -0.3 is 0 Å². The molecule has 5 heteroatoms. The molecule has 0 aliphatic rings. The standard InChI is InChI=1S/C32H64O4S/c1-3-5-7-9-11-13-14-15-16-17-18-19-20-21-22-24-26-28-30-32(31-36-37(33,34)35)29-27-25-23-12-10-8-6-4-2/h27,29,32H,3-26,28,30-31H2,1-2H3,(H,33,34,35)/b29-27+. The van der Waals surface area contributed by atoms with Crippen molar-refractivity contribution in [1.29, 1.82) is 0 Å². The minimum atomic E-state index is -4.36. The zero-order valence-electron chi connectivity index (χ0n) is 24.9. The van der Waals surface area contributed by atoms with Gasteiger partial charge in [-0.15, -0.1) is 0 Å². The van der Waals surface area contributed by atoms with Crippen LogP contribution in [0.5, 0.6) is 0 Å². The Kier molecular flexibility index (Phi) is 28.3. The fourth-order valence-electron chi connectivity index (χ4n) is 5.05. The predicted molar refractivity (Wildman–Crippen MR) is 162 cm³/mol. The van der Waals surface area contributed by atoms with Gasteiger partial charge in [0.15, 0.2) is 0 Å². The summed E-state index contributed by atoms with van der Waals surface area (Å²) in [5, 5.41) is 0. The number of rotatable bonds is 30. The molecule has 1 N–H and O–H groups in total. The van der Waals surface area contributed by atoms with Gasteiger partial charge >= 0.3 is 10.4 Å². The highest BCUT2D eigenvalue weighted by Crippen LogP contribution is 2.18. The highest BCUT2D eigenvalue weighted by Gasteiger charge is 2.11. The summed E-state index contributed by atoms with van der Waals surface area (Å²) in [5.74, 6) is 0.0584. The molecular weight excluding hydrogens is 480 g/mol. The maximum Gasteiger partial charge on any atom is 0.397 e. The fraction of sp³-hybridized carbons (Fsp3) is 0.938. The summed E-state index contributed by atoms with van der Waals surface area (Å²) < 4.78 is 35.6. The third-order valence-corrected chi connectivity index (χ3v) is 7.93. The minimum Gasteiger partial charge on any atom is -0.264 e. The summed E-state index contributed by atoms with van der Waals surface area (Å²) in [7, 11) is -4.36. The first kappa shape index (κ1) is 36.6. The van der Waals surface area contributed by atoms with Crippen LogP contribution in [0.3, 0.4) is 0 Å². The van der Waals surface area contributed by atoms with Crippen LogP contribution in [0.1, 0.15) is 181 Å². The summed E-state index contributed by atoms with van der Waals surface area (Å²) in [5.41, 5.74) is 0. The van der Waals surface area contributed by atoms with E-state index in [0.29, 0.717) is 0 Å². The average Bonchev–Trinajstić information content (AvgIpc) is 2.87. The molecule has 0 saturated carbocycles. The Labute approximate surface area is 232 Å². The highest BCUT2D eigenvalue weighted by molar-refractivity contribution is 7.80. The van der Waals surface area contributed by atoms with Crippen LogP contribution in [0.15, 0.2) is 12.2 Å². The summed E-state index contributed by atoms with van der Waals surface area (Å²) in [6.07, 6.45) is 38.4. The number of hydrogen-bond donors (Lipinski definition) is 1. The second-order valence-corrected chi connectivity index (χ2v) is 12.3. The van der Waals surface area contributed by atoms with Gasteiger partial charge in [-0.1, -0.05) is 174 Å². The van der Waals surface area contributed by atoms with Crippen molar-refractivity contribution < 1.29 is 17.2 Å². The van der Waals surface area contributed by atoms with Crippen molar-refractivity contribution >= 4 is 10.4 Å². The number of hydrogen-bond acceptors (Lipinski definition) is 3. The van der Waals surface area contributed by atoms with Gasteiger partial charge in [-0.05, 0) is 19.3 Å². The van der Waals surface area contributed by atoms with E-state index in [-0.39, 0.29) is 12.5 Å². The molecule has 222 valence electrons. The lowest BCUT2D eigenvalue weighted by Gasteiger charge is -2.12. The fourth-order valence-corrected chi connectivity index (χ4v) is 5.39. The van der Waals surface area contributed by atoms with E-state index in [4.69, 9.17) is 4.55 Å². The van der Waals surface area contributed by atoms with Crippen molar-refractivity contribution in [2.24, 2.45) is 5.92 Å². The molecule has 0 bridgehead atoms. The van der Waals surface area contributed by atoms with Crippen molar-refractivity contribution in [2.75, 3.05) is 6.61 Å². The van der Waals surface area contributed by atoms with Gasteiger partial charge in [0.05, 0.1) is 6.61 Å². The van der Waals surface area contributed by atoms with Crippen molar-refractivity contribution in [2.45, 2.75) is 181 Å². The van der Waals surface area contributed by atoms with Crippen LogP contribution >= 0.6 is 0 Å². The van der Waals surface area contributed by atoms with Gasteiger partial charge in [-0.2, -0.15) is 8.42 Å². The van der Waals surface area contributed by atoms with E-state index in [2.05, 4.69) is 30.2 Å². The Morgan fingerprint density at radius 1 is 0.568 bits per heavy atom. The molecule has 0 saturated heterocycles. The number of unbranched alkanes of at least 4 members (excludes halogenated alkanes) is 23. The van der Waals surface area contributed by atoms with Crippen LogP contribution in [0, 0.1) is 5.92 Å². The largest absolute Gasteiger partial charge is 0.397 e. The quantitative estimate of drug-likeness (QED) is 0.0555. The normalized spacial score (nSPS) is 13.1. The van der Waals surface area contributed by atoms with Gasteiger partial charge in [0.25, 0.3) is 0 Å². The molecule has 1 atom stereocenters. The first-order chi connectivity index (χ1) is 18.0. The second-order valence-electron chi connectivity index (χ2n) is 11.3. The van der Waals surface area contributed by atoms with Crippen molar-refractivity contribution in [3.63, 3.8) is 0 Å². The minimum absolute atomic E-state index is 0.0464. The monoisotopic (exact) mass is 544 g/mol. The lowest BCUT2D eigenvalue weighted by Crippen LogP contribution is -2.12. The first-order valence-corrected chi connectivity index (χ1v) is 17.6. The van der Waals surface area contributed by atoms with Crippen molar-refractivity contribution in [3.05, 3.63) is 12.2 Å². The van der Waals surface area contributed by atoms with E-state index >= 15 is 0 Å². The van der Waals surface area contributed by atoms with Gasteiger partial charge in [0, 0.05) is 5.92 Å². The smallest absolute Gasteiger partial charge is 0.264 e. The third-order valence-electron chi connectivity index (χ3n) is 7.49. The van der Waals surface area contributed by atoms with E-state index in [1.165, 1.54) is 148 Å². The van der Waals surface area contributed by atoms with Gasteiger partial charge in [-0.3, -0.25) is 4.55 Å². The number of allylic oxidation sites excluding steroid dienone is 1. The first-order valence-electron chi connectivity index (χ1n) is 16.3. The lowest BCUT2D eigenvalue weighted by atomic mass is 9.99. The second kappa shape index (κ2) is 28.6. The Morgan fingerprint density at radius 3 is 1.30 bits per heavy atom. The maximum absolute atomic E-state index is 11.0. The molecule has 0 spiro atoms. The van der Waals surface area contributed by atoms with Crippen LogP contribution in [0.25, 0.3) is 0 Å². The Bertz CT molecular complexity index is 573. The maximum atomic E-state index is 11.0. The highest BCUT2D eigenvalue weighted by atomic mass is 32.3. The summed E-state index contributed by atoms with van der Waals surface area (Å²) in [6, 6.07) is 0. The van der Waals surface area contributed by atoms with Gasteiger partial charge in [0.1, 0.15) is 0 Å². The Balaban J connectivity index is 3.67. The lowest BCUT2D eigenvalue weighted by molar-refractivity contribution is 0.234.